The Balaban J connectivity index is 1.74. The highest BCUT2D eigenvalue weighted by Gasteiger charge is 2.25. The van der Waals surface area contributed by atoms with E-state index in [1.54, 1.807) is 17.1 Å². The van der Waals surface area contributed by atoms with Gasteiger partial charge < -0.3 is 10.1 Å². The van der Waals surface area contributed by atoms with Gasteiger partial charge in [0.15, 0.2) is 0 Å². The predicted octanol–water partition coefficient (Wildman–Crippen LogP) is 0.497. The molecule has 1 aliphatic rings. The summed E-state index contributed by atoms with van der Waals surface area (Å²) in [6.07, 6.45) is 3.96. The van der Waals surface area contributed by atoms with E-state index >= 15 is 0 Å². The van der Waals surface area contributed by atoms with Crippen LogP contribution in [0.15, 0.2) is 18.5 Å². The van der Waals surface area contributed by atoms with Crippen LogP contribution in [0.25, 0.3) is 0 Å². The minimum Gasteiger partial charge on any atom is -0.373 e. The lowest BCUT2D eigenvalue weighted by molar-refractivity contribution is -0.122. The summed E-state index contributed by atoms with van der Waals surface area (Å²) >= 11 is 0. The highest BCUT2D eigenvalue weighted by molar-refractivity contribution is 5.75. The molecule has 1 amide bonds. The second-order valence-electron chi connectivity index (χ2n) is 5.57. The van der Waals surface area contributed by atoms with Gasteiger partial charge in [-0.25, -0.2) is 0 Å². The van der Waals surface area contributed by atoms with Crippen LogP contribution in [0.5, 0.6) is 0 Å². The Hall–Kier alpha value is -1.40. The molecule has 0 saturated carbocycles. The highest BCUT2D eigenvalue weighted by atomic mass is 16.5. The summed E-state index contributed by atoms with van der Waals surface area (Å²) < 4.78 is 7.35. The summed E-state index contributed by atoms with van der Waals surface area (Å²) in [6.45, 7) is 9.08. The Bertz CT molecular complexity index is 411. The average Bonchev–Trinajstić information content (AvgIpc) is 2.87. The smallest absolute Gasteiger partial charge is 0.241 e. The van der Waals surface area contributed by atoms with Crippen LogP contribution in [-0.2, 0) is 16.1 Å². The first-order valence-electron chi connectivity index (χ1n) is 7.18. The van der Waals surface area contributed by atoms with E-state index in [9.17, 15) is 4.79 Å². The molecule has 1 aliphatic heterocycles. The van der Waals surface area contributed by atoms with Gasteiger partial charge in [-0.1, -0.05) is 0 Å². The molecule has 6 nitrogen and oxygen atoms in total. The lowest BCUT2D eigenvalue weighted by Gasteiger charge is -2.39. The van der Waals surface area contributed by atoms with E-state index < -0.39 is 0 Å². The molecule has 6 heteroatoms. The molecule has 1 saturated heterocycles. The zero-order valence-electron chi connectivity index (χ0n) is 12.5. The number of nitrogens with zero attached hydrogens (tertiary/aromatic N) is 3. The third-order valence-electron chi connectivity index (χ3n) is 3.53. The Morgan fingerprint density at radius 1 is 1.45 bits per heavy atom. The van der Waals surface area contributed by atoms with Crippen molar-refractivity contribution in [2.24, 2.45) is 0 Å². The maximum Gasteiger partial charge on any atom is 0.241 e. The van der Waals surface area contributed by atoms with Crippen LogP contribution in [0.3, 0.4) is 0 Å². The number of rotatable bonds is 5. The number of aromatic nitrogens is 2. The quantitative estimate of drug-likeness (QED) is 0.853. The third kappa shape index (κ3) is 4.31. The van der Waals surface area contributed by atoms with Crippen molar-refractivity contribution in [2.75, 3.05) is 19.6 Å². The Labute approximate surface area is 120 Å². The normalized spacial score (nSPS) is 25.4. The summed E-state index contributed by atoms with van der Waals surface area (Å²) in [4.78, 5) is 14.2. The van der Waals surface area contributed by atoms with Crippen molar-refractivity contribution in [3.05, 3.63) is 18.5 Å². The summed E-state index contributed by atoms with van der Waals surface area (Å²) in [7, 11) is 0. The number of nitrogens with one attached hydrogen (secondary N) is 1. The molecule has 2 heterocycles. The molecule has 1 aromatic heterocycles. The standard InChI is InChI=1S/C14H24N4O2/c1-11(17-8-12(2)20-13(3)9-17)7-15-14(19)10-18-6-4-5-16-18/h4-6,11-13H,7-10H2,1-3H3,(H,15,19)/t11-,12-,13+/m0/s1. The zero-order chi connectivity index (χ0) is 14.5. The van der Waals surface area contributed by atoms with Crippen molar-refractivity contribution in [3.8, 4) is 0 Å². The van der Waals surface area contributed by atoms with Gasteiger partial charge in [-0.3, -0.25) is 14.4 Å². The molecule has 1 aromatic rings. The van der Waals surface area contributed by atoms with E-state index in [0.29, 0.717) is 12.6 Å². The number of carbonyl (C=O) groups is 1. The zero-order valence-corrected chi connectivity index (χ0v) is 12.5. The van der Waals surface area contributed by atoms with Crippen molar-refractivity contribution < 1.29 is 9.53 Å². The number of hydrogen-bond donors (Lipinski definition) is 1. The van der Waals surface area contributed by atoms with Gasteiger partial charge in [0, 0.05) is 38.1 Å². The van der Waals surface area contributed by atoms with Crippen LogP contribution in [0.2, 0.25) is 0 Å². The molecular formula is C14H24N4O2. The number of morpholine rings is 1. The number of amides is 1. The van der Waals surface area contributed by atoms with Crippen LogP contribution in [0.4, 0.5) is 0 Å². The van der Waals surface area contributed by atoms with Crippen LogP contribution in [0.1, 0.15) is 20.8 Å². The van der Waals surface area contributed by atoms with E-state index in [1.165, 1.54) is 0 Å². The van der Waals surface area contributed by atoms with Gasteiger partial charge >= 0.3 is 0 Å². The maximum absolute atomic E-state index is 11.8. The minimum atomic E-state index is -0.00472. The molecule has 20 heavy (non-hydrogen) atoms. The van der Waals surface area contributed by atoms with Gasteiger partial charge in [0.2, 0.25) is 5.91 Å². The Morgan fingerprint density at radius 2 is 2.15 bits per heavy atom. The fourth-order valence-corrected chi connectivity index (χ4v) is 2.57. The van der Waals surface area contributed by atoms with Crippen LogP contribution < -0.4 is 5.32 Å². The molecule has 112 valence electrons. The molecule has 0 spiro atoms. The highest BCUT2D eigenvalue weighted by Crippen LogP contribution is 2.13. The van der Waals surface area contributed by atoms with Gasteiger partial charge in [0.05, 0.1) is 12.2 Å². The first-order chi connectivity index (χ1) is 9.54. The van der Waals surface area contributed by atoms with Gasteiger partial charge in [0.25, 0.3) is 0 Å². The summed E-state index contributed by atoms with van der Waals surface area (Å²) in [5.41, 5.74) is 0. The van der Waals surface area contributed by atoms with E-state index in [4.69, 9.17) is 4.74 Å². The molecule has 0 bridgehead atoms. The third-order valence-corrected chi connectivity index (χ3v) is 3.53. The van der Waals surface area contributed by atoms with Gasteiger partial charge in [-0.2, -0.15) is 5.10 Å². The summed E-state index contributed by atoms with van der Waals surface area (Å²) in [5, 5.41) is 6.99. The molecule has 2 rings (SSSR count). The van der Waals surface area contributed by atoms with Crippen LogP contribution >= 0.6 is 0 Å². The molecule has 0 aromatic carbocycles. The topological polar surface area (TPSA) is 59.4 Å². The lowest BCUT2D eigenvalue weighted by atomic mass is 10.1. The lowest BCUT2D eigenvalue weighted by Crippen LogP contribution is -2.52. The average molecular weight is 280 g/mol. The fourth-order valence-electron chi connectivity index (χ4n) is 2.57. The SMILES string of the molecule is C[C@@H]1CN([C@@H](C)CNC(=O)Cn2cccn2)C[C@H](C)O1. The molecule has 1 N–H and O–H groups in total. The Kier molecular flexibility index (Phi) is 5.14. The molecule has 0 radical (unpaired) electrons. The van der Waals surface area contributed by atoms with E-state index in [-0.39, 0.29) is 24.7 Å². The minimum absolute atomic E-state index is 0.00472. The van der Waals surface area contributed by atoms with Crippen LogP contribution in [-0.4, -0.2) is 58.5 Å². The van der Waals surface area contributed by atoms with Crippen LogP contribution in [0, 0.1) is 0 Å². The second kappa shape index (κ2) is 6.85. The van der Waals surface area contributed by atoms with Crippen molar-refractivity contribution in [1.82, 2.24) is 20.0 Å². The molecule has 0 unspecified atom stereocenters. The number of hydrogen-bond acceptors (Lipinski definition) is 4. The summed E-state index contributed by atoms with van der Waals surface area (Å²) in [5.74, 6) is -0.00472. The summed E-state index contributed by atoms with van der Waals surface area (Å²) in [6, 6.07) is 2.12. The monoisotopic (exact) mass is 280 g/mol. The van der Waals surface area contributed by atoms with Crippen molar-refractivity contribution >= 4 is 5.91 Å². The van der Waals surface area contributed by atoms with Gasteiger partial charge in [-0.05, 0) is 26.8 Å². The largest absolute Gasteiger partial charge is 0.373 e. The molecule has 3 atom stereocenters. The first-order valence-corrected chi connectivity index (χ1v) is 7.18. The van der Waals surface area contributed by atoms with Crippen molar-refractivity contribution in [1.29, 1.82) is 0 Å². The maximum atomic E-state index is 11.8. The molecular weight excluding hydrogens is 256 g/mol. The fraction of sp³-hybridized carbons (Fsp3) is 0.714. The predicted molar refractivity (Wildman–Crippen MR) is 76.3 cm³/mol. The molecule has 0 aliphatic carbocycles. The number of carbonyl (C=O) groups excluding carboxylic acids is 1. The van der Waals surface area contributed by atoms with Gasteiger partial charge in [-0.15, -0.1) is 0 Å². The Morgan fingerprint density at radius 3 is 2.75 bits per heavy atom. The van der Waals surface area contributed by atoms with Gasteiger partial charge in [0.1, 0.15) is 6.54 Å². The van der Waals surface area contributed by atoms with E-state index in [2.05, 4.69) is 36.1 Å². The first kappa shape index (κ1) is 15.0. The van der Waals surface area contributed by atoms with Crippen molar-refractivity contribution in [2.45, 2.75) is 45.6 Å². The van der Waals surface area contributed by atoms with E-state index in [1.807, 2.05) is 6.07 Å². The van der Waals surface area contributed by atoms with E-state index in [0.717, 1.165) is 13.1 Å². The second-order valence-corrected chi connectivity index (χ2v) is 5.57. The van der Waals surface area contributed by atoms with Crippen molar-refractivity contribution in [3.63, 3.8) is 0 Å². The number of ether oxygens (including phenoxy) is 1. The molecule has 1 fully saturated rings.